The van der Waals surface area contributed by atoms with Gasteiger partial charge < -0.3 is 5.32 Å². The zero-order valence-corrected chi connectivity index (χ0v) is 10.8. The fourth-order valence-electron chi connectivity index (χ4n) is 2.70. The summed E-state index contributed by atoms with van der Waals surface area (Å²) in [5.41, 5.74) is 0. The summed E-state index contributed by atoms with van der Waals surface area (Å²) in [4.78, 5) is 0. The molecule has 2 fully saturated rings. The summed E-state index contributed by atoms with van der Waals surface area (Å²) in [6.07, 6.45) is 5.07. The Morgan fingerprint density at radius 1 is 1.19 bits per heavy atom. The molecule has 4 nitrogen and oxygen atoms in total. The normalized spacial score (nSPS) is 30.4. The van der Waals surface area contributed by atoms with Gasteiger partial charge in [-0.15, -0.1) is 0 Å². The molecule has 16 heavy (non-hydrogen) atoms. The van der Waals surface area contributed by atoms with Crippen molar-refractivity contribution in [2.75, 3.05) is 19.6 Å². The Kier molecular flexibility index (Phi) is 3.87. The van der Waals surface area contributed by atoms with Gasteiger partial charge in [-0.2, -0.15) is 4.31 Å². The number of hydrogen-bond acceptors (Lipinski definition) is 3. The van der Waals surface area contributed by atoms with E-state index in [0.717, 1.165) is 32.2 Å². The highest BCUT2D eigenvalue weighted by molar-refractivity contribution is 7.89. The third-order valence-electron chi connectivity index (χ3n) is 3.66. The lowest BCUT2D eigenvalue weighted by atomic mass is 10.0. The molecule has 0 spiro atoms. The lowest BCUT2D eigenvalue weighted by molar-refractivity contribution is 0.302. The quantitative estimate of drug-likeness (QED) is 0.789. The van der Waals surface area contributed by atoms with Gasteiger partial charge in [0.1, 0.15) is 0 Å². The SMILES string of the molecule is C[C@@H]1CN(S(=O)(=O)C2CCCCC2)CCN1. The summed E-state index contributed by atoms with van der Waals surface area (Å²) in [5, 5.41) is 3.18. The highest BCUT2D eigenvalue weighted by Crippen LogP contribution is 2.26. The Bertz CT molecular complexity index is 323. The third kappa shape index (κ3) is 2.57. The summed E-state index contributed by atoms with van der Waals surface area (Å²) in [6.45, 7) is 4.11. The van der Waals surface area contributed by atoms with Crippen LogP contribution >= 0.6 is 0 Å². The van der Waals surface area contributed by atoms with Crippen LogP contribution in [0.3, 0.4) is 0 Å². The van der Waals surface area contributed by atoms with Crippen LogP contribution < -0.4 is 5.32 Å². The first-order chi connectivity index (χ1) is 7.60. The van der Waals surface area contributed by atoms with Crippen molar-refractivity contribution in [1.82, 2.24) is 9.62 Å². The van der Waals surface area contributed by atoms with Crippen LogP contribution in [0.5, 0.6) is 0 Å². The van der Waals surface area contributed by atoms with Gasteiger partial charge in [-0.25, -0.2) is 8.42 Å². The average molecular weight is 246 g/mol. The number of sulfonamides is 1. The smallest absolute Gasteiger partial charge is 0.217 e. The molecule has 0 aromatic rings. The maximum absolute atomic E-state index is 12.4. The second kappa shape index (κ2) is 5.02. The summed E-state index contributed by atoms with van der Waals surface area (Å²) in [5.74, 6) is 0. The third-order valence-corrected chi connectivity index (χ3v) is 6.03. The Balaban J connectivity index is 2.05. The zero-order valence-electron chi connectivity index (χ0n) is 9.98. The Labute approximate surface area is 98.4 Å². The molecule has 0 amide bonds. The summed E-state index contributed by atoms with van der Waals surface area (Å²) >= 11 is 0. The molecule has 1 N–H and O–H groups in total. The molecule has 2 aliphatic rings. The topological polar surface area (TPSA) is 49.4 Å². The lowest BCUT2D eigenvalue weighted by Crippen LogP contribution is -2.53. The van der Waals surface area contributed by atoms with Crippen LogP contribution in [0.15, 0.2) is 0 Å². The van der Waals surface area contributed by atoms with Crippen LogP contribution in [-0.2, 0) is 10.0 Å². The Hall–Kier alpha value is -0.130. The van der Waals surface area contributed by atoms with Crippen LogP contribution in [0.2, 0.25) is 0 Å². The zero-order chi connectivity index (χ0) is 11.6. The molecular weight excluding hydrogens is 224 g/mol. The molecule has 1 aliphatic carbocycles. The predicted molar refractivity (Wildman–Crippen MR) is 64.8 cm³/mol. The first-order valence-electron chi connectivity index (χ1n) is 6.33. The van der Waals surface area contributed by atoms with E-state index in [9.17, 15) is 8.42 Å². The minimum absolute atomic E-state index is 0.105. The highest BCUT2D eigenvalue weighted by atomic mass is 32.2. The summed E-state index contributed by atoms with van der Waals surface area (Å²) in [7, 11) is -3.02. The van der Waals surface area contributed by atoms with E-state index in [2.05, 4.69) is 5.32 Å². The maximum Gasteiger partial charge on any atom is 0.217 e. The van der Waals surface area contributed by atoms with Gasteiger partial charge in [0.15, 0.2) is 0 Å². The van der Waals surface area contributed by atoms with Crippen LogP contribution in [0.25, 0.3) is 0 Å². The summed E-state index contributed by atoms with van der Waals surface area (Å²) < 4.78 is 26.5. The fraction of sp³-hybridized carbons (Fsp3) is 1.00. The van der Waals surface area contributed by atoms with Crippen molar-refractivity contribution in [3.05, 3.63) is 0 Å². The molecule has 1 heterocycles. The Morgan fingerprint density at radius 3 is 2.50 bits per heavy atom. The van der Waals surface area contributed by atoms with Crippen molar-refractivity contribution in [2.24, 2.45) is 0 Å². The number of rotatable bonds is 2. The van der Waals surface area contributed by atoms with Crippen molar-refractivity contribution in [1.29, 1.82) is 0 Å². The fourth-order valence-corrected chi connectivity index (χ4v) is 4.83. The molecular formula is C11H22N2O2S. The van der Waals surface area contributed by atoms with Gasteiger partial charge >= 0.3 is 0 Å². The van der Waals surface area contributed by atoms with Gasteiger partial charge in [0, 0.05) is 25.7 Å². The largest absolute Gasteiger partial charge is 0.312 e. The lowest BCUT2D eigenvalue weighted by Gasteiger charge is -2.34. The molecule has 5 heteroatoms. The van der Waals surface area contributed by atoms with E-state index in [4.69, 9.17) is 0 Å². The molecule has 1 atom stereocenters. The number of hydrogen-bond donors (Lipinski definition) is 1. The summed E-state index contributed by atoms with van der Waals surface area (Å²) in [6, 6.07) is 0.284. The molecule has 0 radical (unpaired) electrons. The molecule has 0 unspecified atom stereocenters. The van der Waals surface area contributed by atoms with Gasteiger partial charge in [0.05, 0.1) is 5.25 Å². The number of nitrogens with one attached hydrogen (secondary N) is 1. The monoisotopic (exact) mass is 246 g/mol. The standard InChI is InChI=1S/C11H22N2O2S/c1-10-9-13(8-7-12-10)16(14,15)11-5-3-2-4-6-11/h10-12H,2-9H2,1H3/t10-/m1/s1. The van der Waals surface area contributed by atoms with Gasteiger partial charge in [-0.1, -0.05) is 19.3 Å². The average Bonchev–Trinajstić information content (AvgIpc) is 2.30. The van der Waals surface area contributed by atoms with Gasteiger partial charge in [-0.3, -0.25) is 0 Å². The second-order valence-electron chi connectivity index (χ2n) is 5.02. The molecule has 0 bridgehead atoms. The minimum atomic E-state index is -3.02. The Morgan fingerprint density at radius 2 is 1.88 bits per heavy atom. The van der Waals surface area contributed by atoms with E-state index < -0.39 is 10.0 Å². The predicted octanol–water partition coefficient (Wildman–Crippen LogP) is 0.943. The number of piperazine rings is 1. The van der Waals surface area contributed by atoms with E-state index in [1.165, 1.54) is 6.42 Å². The van der Waals surface area contributed by atoms with Crippen molar-refractivity contribution in [3.8, 4) is 0 Å². The minimum Gasteiger partial charge on any atom is -0.312 e. The second-order valence-corrected chi connectivity index (χ2v) is 7.23. The van der Waals surface area contributed by atoms with Crippen molar-refractivity contribution < 1.29 is 8.42 Å². The molecule has 2 rings (SSSR count). The first-order valence-corrected chi connectivity index (χ1v) is 7.83. The molecule has 94 valence electrons. The first kappa shape index (κ1) is 12.3. The van der Waals surface area contributed by atoms with Crippen LogP contribution in [0.1, 0.15) is 39.0 Å². The van der Waals surface area contributed by atoms with Crippen LogP contribution in [0.4, 0.5) is 0 Å². The van der Waals surface area contributed by atoms with Gasteiger partial charge in [-0.05, 0) is 19.8 Å². The molecule has 1 aliphatic heterocycles. The molecule has 0 aromatic carbocycles. The van der Waals surface area contributed by atoms with Gasteiger partial charge in [0.2, 0.25) is 10.0 Å². The van der Waals surface area contributed by atoms with E-state index in [0.29, 0.717) is 13.1 Å². The van der Waals surface area contributed by atoms with E-state index >= 15 is 0 Å². The van der Waals surface area contributed by atoms with Gasteiger partial charge in [0.25, 0.3) is 0 Å². The number of nitrogens with zero attached hydrogens (tertiary/aromatic N) is 1. The van der Waals surface area contributed by atoms with Crippen LogP contribution in [0, 0.1) is 0 Å². The van der Waals surface area contributed by atoms with Crippen molar-refractivity contribution in [2.45, 2.75) is 50.3 Å². The van der Waals surface area contributed by atoms with Crippen molar-refractivity contribution in [3.63, 3.8) is 0 Å². The molecule has 0 aromatic heterocycles. The molecule has 1 saturated carbocycles. The highest BCUT2D eigenvalue weighted by Gasteiger charge is 2.34. The van der Waals surface area contributed by atoms with E-state index in [1.54, 1.807) is 4.31 Å². The maximum atomic E-state index is 12.4. The van der Waals surface area contributed by atoms with Crippen molar-refractivity contribution >= 4 is 10.0 Å². The molecule has 1 saturated heterocycles. The van der Waals surface area contributed by atoms with E-state index in [1.807, 2.05) is 6.92 Å². The van der Waals surface area contributed by atoms with Crippen LogP contribution in [-0.4, -0.2) is 43.6 Å². The van der Waals surface area contributed by atoms with E-state index in [-0.39, 0.29) is 11.3 Å².